The molecule has 0 spiro atoms. The fourth-order valence-electron chi connectivity index (χ4n) is 2.63. The molecule has 0 radical (unpaired) electrons. The minimum Gasteiger partial charge on any atom is -0.354 e. The molecular weight excluding hydrogens is 262 g/mol. The van der Waals surface area contributed by atoms with E-state index >= 15 is 0 Å². The van der Waals surface area contributed by atoms with Gasteiger partial charge in [-0.05, 0) is 38.8 Å². The molecule has 0 saturated carbocycles. The second-order valence-electron chi connectivity index (χ2n) is 5.80. The topological polar surface area (TPSA) is 52.6 Å². The van der Waals surface area contributed by atoms with Crippen LogP contribution in [0, 0.1) is 0 Å². The molecule has 0 bridgehead atoms. The summed E-state index contributed by atoms with van der Waals surface area (Å²) in [6.07, 6.45) is 4.15. The van der Waals surface area contributed by atoms with Crippen LogP contribution in [0.1, 0.15) is 32.4 Å². The van der Waals surface area contributed by atoms with Crippen LogP contribution >= 0.6 is 0 Å². The fraction of sp³-hybridized carbons (Fsp3) is 0.625. The van der Waals surface area contributed by atoms with Crippen molar-refractivity contribution in [3.63, 3.8) is 0 Å². The number of aromatic nitrogens is 1. The number of hydrogen-bond acceptors (Lipinski definition) is 3. The van der Waals surface area contributed by atoms with Gasteiger partial charge in [0.25, 0.3) is 0 Å². The average Bonchev–Trinajstić information content (AvgIpc) is 2.53. The summed E-state index contributed by atoms with van der Waals surface area (Å²) in [5.41, 5.74) is 1.02. The quantitative estimate of drug-likeness (QED) is 0.653. The van der Waals surface area contributed by atoms with Crippen LogP contribution in [-0.2, 0) is 6.54 Å². The molecule has 1 aromatic heterocycles. The Bertz CT molecular complexity index is 435. The van der Waals surface area contributed by atoms with Gasteiger partial charge in [-0.2, -0.15) is 0 Å². The molecule has 2 heterocycles. The fourth-order valence-corrected chi connectivity index (χ4v) is 2.63. The third kappa shape index (κ3) is 5.01. The Morgan fingerprint density at radius 2 is 2.14 bits per heavy atom. The standard InChI is InChI=1S/C16H27N5/c1-13(2)21-10-7-14(8-11-21)20-16(17-3)19-12-15-6-4-5-9-18-15/h4-6,9,13-14H,7-8,10-12H2,1-3H3,(H2,17,19,20). The van der Waals surface area contributed by atoms with Gasteiger partial charge in [0, 0.05) is 38.4 Å². The Morgan fingerprint density at radius 1 is 1.38 bits per heavy atom. The summed E-state index contributed by atoms with van der Waals surface area (Å²) in [5.74, 6) is 0.864. The molecule has 0 amide bonds. The molecule has 116 valence electrons. The van der Waals surface area contributed by atoms with E-state index < -0.39 is 0 Å². The zero-order valence-corrected chi connectivity index (χ0v) is 13.3. The Kier molecular flexibility index (Phi) is 5.99. The van der Waals surface area contributed by atoms with Gasteiger partial charge in [-0.15, -0.1) is 0 Å². The van der Waals surface area contributed by atoms with Crippen molar-refractivity contribution in [2.75, 3.05) is 20.1 Å². The van der Waals surface area contributed by atoms with Crippen molar-refractivity contribution >= 4 is 5.96 Å². The second-order valence-corrected chi connectivity index (χ2v) is 5.80. The first-order valence-electron chi connectivity index (χ1n) is 7.80. The van der Waals surface area contributed by atoms with Gasteiger partial charge < -0.3 is 15.5 Å². The highest BCUT2D eigenvalue weighted by atomic mass is 15.2. The Morgan fingerprint density at radius 3 is 2.71 bits per heavy atom. The SMILES string of the molecule is CN=C(NCc1ccccn1)NC1CCN(C(C)C)CC1. The van der Waals surface area contributed by atoms with Gasteiger partial charge in [-0.3, -0.25) is 9.98 Å². The van der Waals surface area contributed by atoms with E-state index in [0.717, 1.165) is 24.7 Å². The maximum absolute atomic E-state index is 4.31. The molecule has 0 atom stereocenters. The number of piperidine rings is 1. The molecule has 5 nitrogen and oxygen atoms in total. The lowest BCUT2D eigenvalue weighted by Gasteiger charge is -2.35. The summed E-state index contributed by atoms with van der Waals surface area (Å²) in [5, 5.41) is 6.85. The number of pyridine rings is 1. The molecule has 1 aromatic rings. The summed E-state index contributed by atoms with van der Waals surface area (Å²) in [7, 11) is 1.82. The van der Waals surface area contributed by atoms with E-state index in [9.17, 15) is 0 Å². The Hall–Kier alpha value is -1.62. The van der Waals surface area contributed by atoms with Gasteiger partial charge in [0.05, 0.1) is 12.2 Å². The molecule has 0 aliphatic carbocycles. The van der Waals surface area contributed by atoms with Crippen molar-refractivity contribution in [2.45, 2.75) is 45.3 Å². The predicted octanol–water partition coefficient (Wildman–Crippen LogP) is 1.62. The highest BCUT2D eigenvalue weighted by Gasteiger charge is 2.21. The van der Waals surface area contributed by atoms with E-state index in [-0.39, 0.29) is 0 Å². The molecule has 1 fully saturated rings. The van der Waals surface area contributed by atoms with Crippen LogP contribution in [-0.4, -0.2) is 48.1 Å². The van der Waals surface area contributed by atoms with Crippen LogP contribution in [0.2, 0.25) is 0 Å². The second kappa shape index (κ2) is 7.98. The number of hydrogen-bond donors (Lipinski definition) is 2. The first kappa shape index (κ1) is 15.8. The molecule has 1 aliphatic rings. The molecule has 0 unspecified atom stereocenters. The highest BCUT2D eigenvalue weighted by Crippen LogP contribution is 2.12. The van der Waals surface area contributed by atoms with Crippen LogP contribution in [0.3, 0.4) is 0 Å². The van der Waals surface area contributed by atoms with Crippen LogP contribution in [0.5, 0.6) is 0 Å². The van der Waals surface area contributed by atoms with E-state index in [4.69, 9.17) is 0 Å². The van der Waals surface area contributed by atoms with Gasteiger partial charge in [0.1, 0.15) is 0 Å². The van der Waals surface area contributed by atoms with E-state index in [1.54, 1.807) is 0 Å². The summed E-state index contributed by atoms with van der Waals surface area (Å²) >= 11 is 0. The van der Waals surface area contributed by atoms with Crippen molar-refractivity contribution in [2.24, 2.45) is 4.99 Å². The summed E-state index contributed by atoms with van der Waals surface area (Å²) < 4.78 is 0. The molecule has 0 aromatic carbocycles. The third-order valence-corrected chi connectivity index (χ3v) is 3.99. The Balaban J connectivity index is 1.76. The van der Waals surface area contributed by atoms with Crippen molar-refractivity contribution in [1.82, 2.24) is 20.5 Å². The van der Waals surface area contributed by atoms with Crippen LogP contribution in [0.25, 0.3) is 0 Å². The van der Waals surface area contributed by atoms with Crippen LogP contribution in [0.15, 0.2) is 29.4 Å². The van der Waals surface area contributed by atoms with Crippen molar-refractivity contribution < 1.29 is 0 Å². The van der Waals surface area contributed by atoms with Gasteiger partial charge in [-0.1, -0.05) is 6.07 Å². The van der Waals surface area contributed by atoms with Gasteiger partial charge >= 0.3 is 0 Å². The lowest BCUT2D eigenvalue weighted by Crippen LogP contribution is -2.49. The molecule has 21 heavy (non-hydrogen) atoms. The van der Waals surface area contributed by atoms with Crippen LogP contribution < -0.4 is 10.6 Å². The van der Waals surface area contributed by atoms with E-state index in [2.05, 4.69) is 39.4 Å². The number of nitrogens with zero attached hydrogens (tertiary/aromatic N) is 3. The maximum atomic E-state index is 4.31. The molecule has 5 heteroatoms. The summed E-state index contributed by atoms with van der Waals surface area (Å²) in [6, 6.07) is 7.10. The number of nitrogens with one attached hydrogen (secondary N) is 2. The summed E-state index contributed by atoms with van der Waals surface area (Å²) in [6.45, 7) is 7.55. The van der Waals surface area contributed by atoms with Gasteiger partial charge in [-0.25, -0.2) is 0 Å². The minimum absolute atomic E-state index is 0.509. The van der Waals surface area contributed by atoms with Crippen molar-refractivity contribution in [3.8, 4) is 0 Å². The average molecular weight is 289 g/mol. The lowest BCUT2D eigenvalue weighted by atomic mass is 10.0. The van der Waals surface area contributed by atoms with Crippen molar-refractivity contribution in [1.29, 1.82) is 0 Å². The first-order valence-corrected chi connectivity index (χ1v) is 7.80. The molecule has 2 rings (SSSR count). The minimum atomic E-state index is 0.509. The molecular formula is C16H27N5. The third-order valence-electron chi connectivity index (χ3n) is 3.99. The van der Waals surface area contributed by atoms with E-state index in [0.29, 0.717) is 18.6 Å². The first-order chi connectivity index (χ1) is 10.2. The molecule has 1 saturated heterocycles. The summed E-state index contributed by atoms with van der Waals surface area (Å²) in [4.78, 5) is 11.1. The molecule has 1 aliphatic heterocycles. The maximum Gasteiger partial charge on any atom is 0.191 e. The predicted molar refractivity (Wildman–Crippen MR) is 87.3 cm³/mol. The van der Waals surface area contributed by atoms with Gasteiger partial charge in [0.2, 0.25) is 0 Å². The monoisotopic (exact) mass is 289 g/mol. The van der Waals surface area contributed by atoms with E-state index in [1.807, 2.05) is 31.4 Å². The molecule has 2 N–H and O–H groups in total. The zero-order valence-electron chi connectivity index (χ0n) is 13.3. The van der Waals surface area contributed by atoms with Crippen LogP contribution in [0.4, 0.5) is 0 Å². The van der Waals surface area contributed by atoms with E-state index in [1.165, 1.54) is 12.8 Å². The number of aliphatic imine (C=N–C) groups is 1. The van der Waals surface area contributed by atoms with Gasteiger partial charge in [0.15, 0.2) is 5.96 Å². The number of guanidine groups is 1. The zero-order chi connectivity index (χ0) is 15.1. The largest absolute Gasteiger partial charge is 0.354 e. The highest BCUT2D eigenvalue weighted by molar-refractivity contribution is 5.79. The normalized spacial score (nSPS) is 18.0. The number of likely N-dealkylation sites (tertiary alicyclic amines) is 1. The lowest BCUT2D eigenvalue weighted by molar-refractivity contribution is 0.167. The number of rotatable bonds is 4. The van der Waals surface area contributed by atoms with Crippen molar-refractivity contribution in [3.05, 3.63) is 30.1 Å². The smallest absolute Gasteiger partial charge is 0.191 e. The Labute approximate surface area is 127 Å².